The highest BCUT2D eigenvalue weighted by atomic mass is 16.2. The van der Waals surface area contributed by atoms with E-state index in [1.54, 1.807) is 0 Å². The zero-order chi connectivity index (χ0) is 17.5. The maximum Gasteiger partial charge on any atom is 0.252 e. The minimum atomic E-state index is -0.143. The van der Waals surface area contributed by atoms with Crippen molar-refractivity contribution >= 4 is 11.7 Å². The van der Waals surface area contributed by atoms with Gasteiger partial charge in [0, 0.05) is 31.1 Å². The van der Waals surface area contributed by atoms with E-state index in [1.165, 1.54) is 18.8 Å². The molecule has 1 aliphatic rings. The van der Waals surface area contributed by atoms with Gasteiger partial charge in [-0.1, -0.05) is 26.7 Å². The van der Waals surface area contributed by atoms with Crippen LogP contribution in [0.15, 0.2) is 17.2 Å². The van der Waals surface area contributed by atoms with Gasteiger partial charge in [-0.05, 0) is 32.1 Å². The molecule has 1 aliphatic heterocycles. The first-order valence-electron chi connectivity index (χ1n) is 9.05. The lowest BCUT2D eigenvalue weighted by Gasteiger charge is -2.32. The third-order valence-corrected chi connectivity index (χ3v) is 4.66. The second kappa shape index (κ2) is 8.85. The predicted molar refractivity (Wildman–Crippen MR) is 96.1 cm³/mol. The number of amides is 1. The van der Waals surface area contributed by atoms with E-state index in [2.05, 4.69) is 41.0 Å². The Bertz CT molecular complexity index is 576. The molecule has 24 heavy (non-hydrogen) atoms. The van der Waals surface area contributed by atoms with Crippen molar-refractivity contribution in [1.82, 2.24) is 15.3 Å². The number of hydrogen-bond acceptors (Lipinski definition) is 4. The van der Waals surface area contributed by atoms with Gasteiger partial charge in [0.1, 0.15) is 5.82 Å². The number of piperidine rings is 1. The summed E-state index contributed by atoms with van der Waals surface area (Å²) in [6.45, 7) is 8.07. The Morgan fingerprint density at radius 1 is 1.33 bits per heavy atom. The normalized spacial score (nSPS) is 17.1. The van der Waals surface area contributed by atoms with Gasteiger partial charge in [0.05, 0.1) is 6.33 Å². The van der Waals surface area contributed by atoms with Crippen LogP contribution in [0.4, 0.5) is 5.82 Å². The summed E-state index contributed by atoms with van der Waals surface area (Å²) >= 11 is 0. The van der Waals surface area contributed by atoms with E-state index < -0.39 is 0 Å². The first kappa shape index (κ1) is 18.5. The van der Waals surface area contributed by atoms with Gasteiger partial charge in [-0.15, -0.1) is 0 Å². The number of nitrogens with one attached hydrogen (secondary N) is 2. The number of carbonyl (C=O) groups excluding carboxylic acids is 1. The molecule has 1 fully saturated rings. The number of H-pyrrole nitrogens is 1. The van der Waals surface area contributed by atoms with E-state index in [0.29, 0.717) is 5.82 Å². The molecular formula is C18H30N4O2. The molecule has 1 unspecified atom stereocenters. The minimum Gasteiger partial charge on any atom is -0.356 e. The van der Waals surface area contributed by atoms with E-state index in [4.69, 9.17) is 0 Å². The Balaban J connectivity index is 1.75. The quantitative estimate of drug-likeness (QED) is 0.802. The van der Waals surface area contributed by atoms with Gasteiger partial charge in [-0.3, -0.25) is 9.59 Å². The topological polar surface area (TPSA) is 78.1 Å². The van der Waals surface area contributed by atoms with Gasteiger partial charge in [0.2, 0.25) is 5.91 Å². The Morgan fingerprint density at radius 3 is 2.67 bits per heavy atom. The molecule has 1 aromatic rings. The summed E-state index contributed by atoms with van der Waals surface area (Å²) in [7, 11) is 0. The minimum absolute atomic E-state index is 0.0656. The summed E-state index contributed by atoms with van der Waals surface area (Å²) in [5.41, 5.74) is -0.143. The number of carbonyl (C=O) groups is 1. The molecule has 1 atom stereocenters. The van der Waals surface area contributed by atoms with E-state index in [-0.39, 0.29) is 23.4 Å². The predicted octanol–water partition coefficient (Wildman–Crippen LogP) is 2.32. The summed E-state index contributed by atoms with van der Waals surface area (Å²) < 4.78 is 0. The standard InChI is InChI=1S/C18H30N4O2/c1-13(2)5-4-6-14(3)21-18(24)15-7-9-22(10-8-15)16-11-17(23)20-12-19-16/h11-15H,4-10H2,1-3H3,(H,21,24)(H,19,20,23). The second-order valence-corrected chi connectivity index (χ2v) is 7.27. The van der Waals surface area contributed by atoms with Crippen molar-refractivity contribution in [1.29, 1.82) is 0 Å². The summed E-state index contributed by atoms with van der Waals surface area (Å²) in [4.78, 5) is 32.6. The molecule has 6 nitrogen and oxygen atoms in total. The van der Waals surface area contributed by atoms with Gasteiger partial charge in [0.25, 0.3) is 5.56 Å². The van der Waals surface area contributed by atoms with Crippen LogP contribution in [0.3, 0.4) is 0 Å². The van der Waals surface area contributed by atoms with Gasteiger partial charge < -0.3 is 15.2 Å². The number of aromatic nitrogens is 2. The van der Waals surface area contributed by atoms with Gasteiger partial charge in [-0.25, -0.2) is 4.98 Å². The lowest BCUT2D eigenvalue weighted by Crippen LogP contribution is -2.43. The fourth-order valence-corrected chi connectivity index (χ4v) is 3.17. The van der Waals surface area contributed by atoms with Crippen LogP contribution in [0.25, 0.3) is 0 Å². The molecule has 0 bridgehead atoms. The van der Waals surface area contributed by atoms with E-state index >= 15 is 0 Å². The monoisotopic (exact) mass is 334 g/mol. The van der Waals surface area contributed by atoms with Crippen molar-refractivity contribution in [2.75, 3.05) is 18.0 Å². The molecule has 134 valence electrons. The van der Waals surface area contributed by atoms with Crippen molar-refractivity contribution in [2.45, 2.75) is 58.9 Å². The molecule has 1 amide bonds. The third-order valence-electron chi connectivity index (χ3n) is 4.66. The average molecular weight is 334 g/mol. The number of aromatic amines is 1. The number of hydrogen-bond donors (Lipinski definition) is 2. The lowest BCUT2D eigenvalue weighted by molar-refractivity contribution is -0.126. The molecule has 2 heterocycles. The molecule has 2 N–H and O–H groups in total. The Morgan fingerprint density at radius 2 is 2.04 bits per heavy atom. The zero-order valence-corrected chi connectivity index (χ0v) is 15.0. The van der Waals surface area contributed by atoms with Crippen LogP contribution in [-0.4, -0.2) is 35.0 Å². The maximum absolute atomic E-state index is 12.4. The molecule has 0 aliphatic carbocycles. The van der Waals surface area contributed by atoms with Crippen LogP contribution < -0.4 is 15.8 Å². The highest BCUT2D eigenvalue weighted by Gasteiger charge is 2.26. The number of anilines is 1. The molecule has 0 radical (unpaired) electrons. The second-order valence-electron chi connectivity index (χ2n) is 7.27. The molecule has 1 aromatic heterocycles. The third kappa shape index (κ3) is 5.65. The maximum atomic E-state index is 12.4. The van der Waals surface area contributed by atoms with Gasteiger partial charge in [-0.2, -0.15) is 0 Å². The van der Waals surface area contributed by atoms with Crippen molar-refractivity contribution in [3.05, 3.63) is 22.7 Å². The van der Waals surface area contributed by atoms with Crippen molar-refractivity contribution in [3.8, 4) is 0 Å². The van der Waals surface area contributed by atoms with Crippen LogP contribution in [-0.2, 0) is 4.79 Å². The van der Waals surface area contributed by atoms with Crippen LogP contribution >= 0.6 is 0 Å². The molecule has 2 rings (SSSR count). The summed E-state index contributed by atoms with van der Waals surface area (Å²) in [5, 5.41) is 3.16. The van der Waals surface area contributed by atoms with Crippen LogP contribution in [0.1, 0.15) is 52.9 Å². The van der Waals surface area contributed by atoms with Crippen molar-refractivity contribution in [2.24, 2.45) is 11.8 Å². The smallest absolute Gasteiger partial charge is 0.252 e. The first-order chi connectivity index (χ1) is 11.5. The fourth-order valence-electron chi connectivity index (χ4n) is 3.17. The molecule has 0 saturated carbocycles. The highest BCUT2D eigenvalue weighted by Crippen LogP contribution is 2.21. The Hall–Kier alpha value is -1.85. The number of nitrogens with zero attached hydrogens (tertiary/aromatic N) is 2. The Labute approximate surface area is 144 Å². The largest absolute Gasteiger partial charge is 0.356 e. The van der Waals surface area contributed by atoms with E-state index in [9.17, 15) is 9.59 Å². The number of rotatable bonds is 7. The first-order valence-corrected chi connectivity index (χ1v) is 9.05. The van der Waals surface area contributed by atoms with Crippen molar-refractivity contribution in [3.63, 3.8) is 0 Å². The summed E-state index contributed by atoms with van der Waals surface area (Å²) in [6, 6.07) is 1.75. The molecule has 0 spiro atoms. The summed E-state index contributed by atoms with van der Waals surface area (Å²) in [6.07, 6.45) is 6.44. The van der Waals surface area contributed by atoms with Gasteiger partial charge >= 0.3 is 0 Å². The van der Waals surface area contributed by atoms with Gasteiger partial charge in [0.15, 0.2) is 0 Å². The molecule has 1 saturated heterocycles. The zero-order valence-electron chi connectivity index (χ0n) is 15.0. The average Bonchev–Trinajstić information content (AvgIpc) is 2.54. The Kier molecular flexibility index (Phi) is 6.82. The van der Waals surface area contributed by atoms with Crippen LogP contribution in [0, 0.1) is 11.8 Å². The van der Waals surface area contributed by atoms with E-state index in [1.807, 2.05) is 0 Å². The molecule has 6 heteroatoms. The molecular weight excluding hydrogens is 304 g/mol. The molecule has 0 aromatic carbocycles. The fraction of sp³-hybridized carbons (Fsp3) is 0.722. The lowest BCUT2D eigenvalue weighted by atomic mass is 9.95. The van der Waals surface area contributed by atoms with E-state index in [0.717, 1.165) is 44.7 Å². The van der Waals surface area contributed by atoms with Crippen molar-refractivity contribution < 1.29 is 4.79 Å². The van der Waals surface area contributed by atoms with Crippen LogP contribution in [0.2, 0.25) is 0 Å². The SMILES string of the molecule is CC(C)CCCC(C)NC(=O)C1CCN(c2cc(=O)[nH]cn2)CC1. The van der Waals surface area contributed by atoms with Crippen LogP contribution in [0.5, 0.6) is 0 Å². The summed E-state index contributed by atoms with van der Waals surface area (Å²) in [5.74, 6) is 1.65. The highest BCUT2D eigenvalue weighted by molar-refractivity contribution is 5.79.